The minimum atomic E-state index is -0.495. The van der Waals surface area contributed by atoms with Crippen molar-refractivity contribution in [2.45, 2.75) is 0 Å². The second kappa shape index (κ2) is 10.9. The second-order valence-corrected chi connectivity index (χ2v) is 7.12. The molecule has 0 saturated carbocycles. The summed E-state index contributed by atoms with van der Waals surface area (Å²) in [7, 11) is 0. The minimum absolute atomic E-state index is 0.415. The topological polar surface area (TPSA) is 65.1 Å². The van der Waals surface area contributed by atoms with E-state index in [1.54, 1.807) is 4.90 Å². The van der Waals surface area contributed by atoms with E-state index < -0.39 is 11.8 Å². The van der Waals surface area contributed by atoms with Gasteiger partial charge in [-0.1, -0.05) is 42.5 Å². The van der Waals surface area contributed by atoms with Crippen molar-refractivity contribution in [3.8, 4) is 0 Å². The molecule has 2 aliphatic heterocycles. The predicted octanol–water partition coefficient (Wildman–Crippen LogP) is 0.292. The molecular formula is C21H30N4O3. The summed E-state index contributed by atoms with van der Waals surface area (Å²) in [6, 6.07) is 10.2. The average Bonchev–Trinajstić information content (AvgIpc) is 2.75. The molecule has 2 heterocycles. The Kier molecular flexibility index (Phi) is 8.02. The van der Waals surface area contributed by atoms with Gasteiger partial charge >= 0.3 is 11.8 Å². The van der Waals surface area contributed by atoms with Crippen LogP contribution in [0.15, 0.2) is 36.4 Å². The maximum Gasteiger partial charge on any atom is 0.311 e. The lowest BCUT2D eigenvalue weighted by Gasteiger charge is -2.33. The standard InChI is InChI=1S/C21H30N4O3/c26-20(22-8-10-24-15-17-28-18-16-24)21(27)25-13-11-23(12-14-25)9-4-7-19-5-2-1-3-6-19/h1-7H,8-18H2,(H,22,26)/b7-4+. The number of nitrogens with zero attached hydrogens (tertiary/aromatic N) is 3. The average molecular weight is 386 g/mol. The van der Waals surface area contributed by atoms with Gasteiger partial charge in [-0.15, -0.1) is 0 Å². The molecule has 152 valence electrons. The molecule has 7 heteroatoms. The van der Waals surface area contributed by atoms with Crippen LogP contribution in [0.2, 0.25) is 0 Å². The van der Waals surface area contributed by atoms with Crippen molar-refractivity contribution in [1.29, 1.82) is 0 Å². The fourth-order valence-electron chi connectivity index (χ4n) is 3.41. The summed E-state index contributed by atoms with van der Waals surface area (Å²) in [5, 5.41) is 2.75. The van der Waals surface area contributed by atoms with Gasteiger partial charge in [0.15, 0.2) is 0 Å². The van der Waals surface area contributed by atoms with Gasteiger partial charge in [0.1, 0.15) is 0 Å². The Bertz CT molecular complexity index is 651. The number of carbonyl (C=O) groups is 2. The number of hydrogen-bond acceptors (Lipinski definition) is 5. The van der Waals surface area contributed by atoms with Crippen LogP contribution in [0.4, 0.5) is 0 Å². The first kappa shape index (κ1) is 20.5. The van der Waals surface area contributed by atoms with Crippen molar-refractivity contribution in [2.75, 3.05) is 72.1 Å². The molecule has 0 atom stereocenters. The van der Waals surface area contributed by atoms with Crippen LogP contribution in [-0.4, -0.2) is 98.6 Å². The first-order valence-corrected chi connectivity index (χ1v) is 10.0. The zero-order valence-electron chi connectivity index (χ0n) is 16.4. The van der Waals surface area contributed by atoms with Crippen molar-refractivity contribution >= 4 is 17.9 Å². The van der Waals surface area contributed by atoms with E-state index in [0.717, 1.165) is 52.5 Å². The van der Waals surface area contributed by atoms with Crippen molar-refractivity contribution < 1.29 is 14.3 Å². The van der Waals surface area contributed by atoms with Crippen molar-refractivity contribution in [3.05, 3.63) is 42.0 Å². The molecule has 0 bridgehead atoms. The van der Waals surface area contributed by atoms with Crippen LogP contribution >= 0.6 is 0 Å². The lowest BCUT2D eigenvalue weighted by Crippen LogP contribution is -2.53. The smallest absolute Gasteiger partial charge is 0.311 e. The number of amides is 2. The highest BCUT2D eigenvalue weighted by Crippen LogP contribution is 2.05. The summed E-state index contributed by atoms with van der Waals surface area (Å²) in [6.45, 7) is 8.08. The number of nitrogens with one attached hydrogen (secondary N) is 1. The van der Waals surface area contributed by atoms with Crippen LogP contribution < -0.4 is 5.32 Å². The van der Waals surface area contributed by atoms with E-state index in [1.165, 1.54) is 5.56 Å². The number of morpholine rings is 1. The van der Waals surface area contributed by atoms with E-state index in [4.69, 9.17) is 4.74 Å². The number of piperazine rings is 1. The van der Waals surface area contributed by atoms with Crippen LogP contribution in [0.5, 0.6) is 0 Å². The van der Waals surface area contributed by atoms with E-state index in [2.05, 4.69) is 39.4 Å². The highest BCUT2D eigenvalue weighted by atomic mass is 16.5. The Morgan fingerprint density at radius 3 is 2.39 bits per heavy atom. The van der Waals surface area contributed by atoms with Gasteiger partial charge in [-0.2, -0.15) is 0 Å². The van der Waals surface area contributed by atoms with E-state index in [1.807, 2.05) is 18.2 Å². The second-order valence-electron chi connectivity index (χ2n) is 7.12. The molecule has 0 aromatic heterocycles. The van der Waals surface area contributed by atoms with Gasteiger partial charge in [0.25, 0.3) is 0 Å². The molecule has 2 saturated heterocycles. The van der Waals surface area contributed by atoms with Gasteiger partial charge in [0.2, 0.25) is 0 Å². The van der Waals surface area contributed by atoms with E-state index >= 15 is 0 Å². The monoisotopic (exact) mass is 386 g/mol. The molecule has 7 nitrogen and oxygen atoms in total. The summed E-state index contributed by atoms with van der Waals surface area (Å²) in [6.07, 6.45) is 4.25. The SMILES string of the molecule is O=C(NCCN1CCOCC1)C(=O)N1CCN(C/C=C/c2ccccc2)CC1. The van der Waals surface area contributed by atoms with Crippen LogP contribution in [-0.2, 0) is 14.3 Å². The molecule has 1 aromatic rings. The number of rotatable bonds is 6. The van der Waals surface area contributed by atoms with E-state index in [0.29, 0.717) is 19.6 Å². The molecule has 0 unspecified atom stereocenters. The normalized spacial score (nSPS) is 19.1. The quantitative estimate of drug-likeness (QED) is 0.712. The molecule has 2 fully saturated rings. The van der Waals surface area contributed by atoms with Crippen LogP contribution in [0.3, 0.4) is 0 Å². The third kappa shape index (κ3) is 6.44. The number of hydrogen-bond donors (Lipinski definition) is 1. The molecule has 3 rings (SSSR count). The van der Waals surface area contributed by atoms with Gasteiger partial charge in [-0.3, -0.25) is 19.4 Å². The third-order valence-electron chi connectivity index (χ3n) is 5.14. The van der Waals surface area contributed by atoms with Gasteiger partial charge in [0, 0.05) is 58.9 Å². The molecule has 1 N–H and O–H groups in total. The van der Waals surface area contributed by atoms with E-state index in [-0.39, 0.29) is 0 Å². The maximum absolute atomic E-state index is 12.3. The summed E-state index contributed by atoms with van der Waals surface area (Å²) < 4.78 is 5.30. The molecule has 2 amide bonds. The Balaban J connectivity index is 1.32. The summed E-state index contributed by atoms with van der Waals surface area (Å²) in [5.74, 6) is -0.910. The molecule has 0 radical (unpaired) electrons. The molecule has 28 heavy (non-hydrogen) atoms. The Morgan fingerprint density at radius 2 is 1.68 bits per heavy atom. The zero-order valence-corrected chi connectivity index (χ0v) is 16.4. The zero-order chi connectivity index (χ0) is 19.6. The number of ether oxygens (including phenoxy) is 1. The summed E-state index contributed by atoms with van der Waals surface area (Å²) in [4.78, 5) is 30.6. The van der Waals surface area contributed by atoms with Crippen molar-refractivity contribution in [1.82, 2.24) is 20.0 Å². The highest BCUT2D eigenvalue weighted by molar-refractivity contribution is 6.35. The highest BCUT2D eigenvalue weighted by Gasteiger charge is 2.25. The first-order chi connectivity index (χ1) is 13.7. The Labute approximate surface area is 166 Å². The van der Waals surface area contributed by atoms with Gasteiger partial charge < -0.3 is 15.0 Å². The number of benzene rings is 1. The Hall–Kier alpha value is -2.22. The predicted molar refractivity (Wildman–Crippen MR) is 109 cm³/mol. The minimum Gasteiger partial charge on any atom is -0.379 e. The van der Waals surface area contributed by atoms with E-state index in [9.17, 15) is 9.59 Å². The fourth-order valence-corrected chi connectivity index (χ4v) is 3.41. The molecule has 0 spiro atoms. The van der Waals surface area contributed by atoms with Gasteiger partial charge in [0.05, 0.1) is 13.2 Å². The van der Waals surface area contributed by atoms with Gasteiger partial charge in [-0.25, -0.2) is 0 Å². The van der Waals surface area contributed by atoms with Crippen LogP contribution in [0.1, 0.15) is 5.56 Å². The molecule has 2 aliphatic rings. The summed E-state index contributed by atoms with van der Waals surface area (Å²) in [5.41, 5.74) is 1.19. The molecule has 0 aliphatic carbocycles. The maximum atomic E-state index is 12.3. The number of carbonyl (C=O) groups excluding carboxylic acids is 2. The lowest BCUT2D eigenvalue weighted by molar-refractivity contribution is -0.147. The fraction of sp³-hybridized carbons (Fsp3) is 0.524. The third-order valence-corrected chi connectivity index (χ3v) is 5.14. The van der Waals surface area contributed by atoms with Crippen molar-refractivity contribution in [3.63, 3.8) is 0 Å². The summed E-state index contributed by atoms with van der Waals surface area (Å²) >= 11 is 0. The Morgan fingerprint density at radius 1 is 0.964 bits per heavy atom. The first-order valence-electron chi connectivity index (χ1n) is 10.0. The van der Waals surface area contributed by atoms with Crippen molar-refractivity contribution in [2.24, 2.45) is 0 Å². The molecule has 1 aromatic carbocycles. The van der Waals surface area contributed by atoms with Crippen LogP contribution in [0.25, 0.3) is 6.08 Å². The molecular weight excluding hydrogens is 356 g/mol. The largest absolute Gasteiger partial charge is 0.379 e. The lowest BCUT2D eigenvalue weighted by atomic mass is 10.2. The van der Waals surface area contributed by atoms with Gasteiger partial charge in [-0.05, 0) is 5.56 Å². The van der Waals surface area contributed by atoms with Crippen LogP contribution in [0, 0.1) is 0 Å².